The van der Waals surface area contributed by atoms with Gasteiger partial charge in [0.05, 0.1) is 12.5 Å². The van der Waals surface area contributed by atoms with Crippen LogP contribution in [0.2, 0.25) is 0 Å². The summed E-state index contributed by atoms with van der Waals surface area (Å²) in [5.41, 5.74) is 4.68. The van der Waals surface area contributed by atoms with Crippen LogP contribution >= 0.6 is 0 Å². The van der Waals surface area contributed by atoms with Crippen LogP contribution in [-0.2, 0) is 4.79 Å². The molecule has 1 aliphatic rings. The maximum atomic E-state index is 10.9. The van der Waals surface area contributed by atoms with Crippen LogP contribution in [0.1, 0.15) is 6.42 Å². The first-order chi connectivity index (χ1) is 12.7. The molecule has 0 amide bonds. The Balaban J connectivity index is 1.45. The largest absolute Gasteiger partial charge is 0.493 e. The Hall–Kier alpha value is -3.07. The van der Waals surface area contributed by atoms with E-state index in [0.29, 0.717) is 6.61 Å². The highest BCUT2D eigenvalue weighted by Crippen LogP contribution is 2.39. The summed E-state index contributed by atoms with van der Waals surface area (Å²) in [6, 6.07) is 26.8. The fourth-order valence-electron chi connectivity index (χ4n) is 3.19. The summed E-state index contributed by atoms with van der Waals surface area (Å²) in [6.45, 7) is 0.472. The van der Waals surface area contributed by atoms with Crippen LogP contribution in [0, 0.1) is 11.8 Å². The molecule has 1 N–H and O–H groups in total. The van der Waals surface area contributed by atoms with Gasteiger partial charge in [0.25, 0.3) is 0 Å². The van der Waals surface area contributed by atoms with Crippen molar-refractivity contribution in [2.45, 2.75) is 6.42 Å². The van der Waals surface area contributed by atoms with Gasteiger partial charge in [0, 0.05) is 5.92 Å². The Morgan fingerprint density at radius 3 is 2.08 bits per heavy atom. The molecule has 1 aliphatic carbocycles. The molecular formula is C23H20O3. The second-order valence-corrected chi connectivity index (χ2v) is 6.72. The van der Waals surface area contributed by atoms with Gasteiger partial charge in [-0.05, 0) is 46.9 Å². The van der Waals surface area contributed by atoms with E-state index in [1.165, 1.54) is 11.1 Å². The number of carboxylic acid groups (broad SMARTS) is 1. The Bertz CT molecular complexity index is 900. The Labute approximate surface area is 152 Å². The molecule has 3 aromatic carbocycles. The monoisotopic (exact) mass is 344 g/mol. The van der Waals surface area contributed by atoms with E-state index in [1.807, 2.05) is 42.5 Å². The van der Waals surface area contributed by atoms with Crippen LogP contribution < -0.4 is 4.74 Å². The lowest BCUT2D eigenvalue weighted by Crippen LogP contribution is -2.06. The summed E-state index contributed by atoms with van der Waals surface area (Å²) in [5, 5.41) is 8.93. The molecule has 2 unspecified atom stereocenters. The standard InChI is InChI=1S/C23H20O3/c24-23(25)22-14-20(22)15-26-21-11-9-17(10-12-21)19-8-4-7-18(13-19)16-5-2-1-3-6-16/h1-13,20,22H,14-15H2,(H,24,25). The zero-order chi connectivity index (χ0) is 17.9. The van der Waals surface area contributed by atoms with Crippen molar-refractivity contribution in [2.24, 2.45) is 11.8 Å². The number of hydrogen-bond acceptors (Lipinski definition) is 2. The van der Waals surface area contributed by atoms with Crippen LogP contribution in [0.3, 0.4) is 0 Å². The summed E-state index contributed by atoms with van der Waals surface area (Å²) in [7, 11) is 0. The van der Waals surface area contributed by atoms with Crippen molar-refractivity contribution in [3.8, 4) is 28.0 Å². The van der Waals surface area contributed by atoms with E-state index in [-0.39, 0.29) is 11.8 Å². The van der Waals surface area contributed by atoms with Gasteiger partial charge in [0.2, 0.25) is 0 Å². The van der Waals surface area contributed by atoms with Crippen molar-refractivity contribution in [3.63, 3.8) is 0 Å². The molecule has 2 atom stereocenters. The summed E-state index contributed by atoms with van der Waals surface area (Å²) in [4.78, 5) is 10.9. The first-order valence-electron chi connectivity index (χ1n) is 8.82. The minimum atomic E-state index is -0.716. The quantitative estimate of drug-likeness (QED) is 0.675. The Kier molecular flexibility index (Phi) is 4.44. The molecule has 3 nitrogen and oxygen atoms in total. The second kappa shape index (κ2) is 7.04. The molecule has 0 saturated heterocycles. The summed E-state index contributed by atoms with van der Waals surface area (Å²) >= 11 is 0. The maximum absolute atomic E-state index is 10.9. The molecule has 3 aromatic rings. The molecule has 0 spiro atoms. The van der Waals surface area contributed by atoms with Crippen LogP contribution in [0.4, 0.5) is 0 Å². The fraction of sp³-hybridized carbons (Fsp3) is 0.174. The van der Waals surface area contributed by atoms with Gasteiger partial charge in [-0.1, -0.05) is 60.7 Å². The van der Waals surface area contributed by atoms with Crippen molar-refractivity contribution >= 4 is 5.97 Å². The molecular weight excluding hydrogens is 324 g/mol. The van der Waals surface area contributed by atoms with Crippen LogP contribution in [0.25, 0.3) is 22.3 Å². The topological polar surface area (TPSA) is 46.5 Å². The van der Waals surface area contributed by atoms with E-state index in [1.54, 1.807) is 0 Å². The minimum absolute atomic E-state index is 0.148. The third-order valence-electron chi connectivity index (χ3n) is 4.86. The predicted octanol–water partition coefficient (Wildman–Crippen LogP) is 5.12. The molecule has 0 aromatic heterocycles. The highest BCUT2D eigenvalue weighted by atomic mass is 16.5. The third kappa shape index (κ3) is 3.62. The van der Waals surface area contributed by atoms with E-state index in [4.69, 9.17) is 9.84 Å². The molecule has 0 heterocycles. The van der Waals surface area contributed by atoms with Crippen LogP contribution in [0.5, 0.6) is 5.75 Å². The van der Waals surface area contributed by atoms with Crippen molar-refractivity contribution in [1.29, 1.82) is 0 Å². The Morgan fingerprint density at radius 1 is 0.846 bits per heavy atom. The lowest BCUT2D eigenvalue weighted by molar-refractivity contribution is -0.138. The molecule has 26 heavy (non-hydrogen) atoms. The highest BCUT2D eigenvalue weighted by molar-refractivity contribution is 5.74. The SMILES string of the molecule is O=C(O)C1CC1COc1ccc(-c2cccc(-c3ccccc3)c2)cc1. The molecule has 0 radical (unpaired) electrons. The first-order valence-corrected chi connectivity index (χ1v) is 8.82. The average Bonchev–Trinajstić information content (AvgIpc) is 3.48. The fourth-order valence-corrected chi connectivity index (χ4v) is 3.19. The normalized spacial score (nSPS) is 18.3. The van der Waals surface area contributed by atoms with E-state index in [0.717, 1.165) is 23.3 Å². The molecule has 1 fully saturated rings. The molecule has 0 bridgehead atoms. The van der Waals surface area contributed by atoms with Gasteiger partial charge in [-0.25, -0.2) is 0 Å². The molecule has 4 rings (SSSR count). The van der Waals surface area contributed by atoms with E-state index < -0.39 is 5.97 Å². The summed E-state index contributed by atoms with van der Waals surface area (Å²) in [6.07, 6.45) is 0.722. The lowest BCUT2D eigenvalue weighted by Gasteiger charge is -2.08. The average molecular weight is 344 g/mol. The van der Waals surface area contributed by atoms with Gasteiger partial charge in [-0.3, -0.25) is 4.79 Å². The van der Waals surface area contributed by atoms with Crippen molar-refractivity contribution in [3.05, 3.63) is 78.9 Å². The van der Waals surface area contributed by atoms with Crippen molar-refractivity contribution in [2.75, 3.05) is 6.61 Å². The van der Waals surface area contributed by atoms with Crippen molar-refractivity contribution < 1.29 is 14.6 Å². The molecule has 130 valence electrons. The summed E-state index contributed by atoms with van der Waals surface area (Å²) < 4.78 is 5.73. The molecule has 1 saturated carbocycles. The number of ether oxygens (including phenoxy) is 1. The second-order valence-electron chi connectivity index (χ2n) is 6.72. The van der Waals surface area contributed by atoms with Gasteiger partial charge in [0.1, 0.15) is 5.75 Å². The number of carbonyl (C=O) groups is 1. The number of rotatable bonds is 6. The first kappa shape index (κ1) is 16.4. The number of carboxylic acids is 1. The Morgan fingerprint density at radius 2 is 1.46 bits per heavy atom. The summed E-state index contributed by atoms with van der Waals surface area (Å²) in [5.74, 6) is -0.0130. The van der Waals surface area contributed by atoms with Crippen LogP contribution in [-0.4, -0.2) is 17.7 Å². The predicted molar refractivity (Wildman–Crippen MR) is 102 cm³/mol. The van der Waals surface area contributed by atoms with E-state index >= 15 is 0 Å². The highest BCUT2D eigenvalue weighted by Gasteiger charge is 2.43. The third-order valence-corrected chi connectivity index (χ3v) is 4.86. The van der Waals surface area contributed by atoms with Gasteiger partial charge >= 0.3 is 5.97 Å². The zero-order valence-corrected chi connectivity index (χ0v) is 14.3. The number of hydrogen-bond donors (Lipinski definition) is 1. The van der Waals surface area contributed by atoms with Gasteiger partial charge in [-0.15, -0.1) is 0 Å². The van der Waals surface area contributed by atoms with Gasteiger partial charge < -0.3 is 9.84 Å². The minimum Gasteiger partial charge on any atom is -0.493 e. The van der Waals surface area contributed by atoms with E-state index in [2.05, 4.69) is 36.4 Å². The van der Waals surface area contributed by atoms with Crippen molar-refractivity contribution in [1.82, 2.24) is 0 Å². The molecule has 0 aliphatic heterocycles. The van der Waals surface area contributed by atoms with Gasteiger partial charge in [-0.2, -0.15) is 0 Å². The smallest absolute Gasteiger partial charge is 0.306 e. The van der Waals surface area contributed by atoms with Crippen LogP contribution in [0.15, 0.2) is 78.9 Å². The molecule has 3 heteroatoms. The number of benzene rings is 3. The maximum Gasteiger partial charge on any atom is 0.306 e. The van der Waals surface area contributed by atoms with E-state index in [9.17, 15) is 4.79 Å². The lowest BCUT2D eigenvalue weighted by atomic mass is 9.99. The zero-order valence-electron chi connectivity index (χ0n) is 14.3. The number of aliphatic carboxylic acids is 1. The van der Waals surface area contributed by atoms with Gasteiger partial charge in [0.15, 0.2) is 0 Å².